The largest absolute Gasteiger partial charge is 0.495 e. The van der Waals surface area contributed by atoms with Gasteiger partial charge in [-0.25, -0.2) is 14.5 Å². The number of nitrogens with zero attached hydrogens (tertiary/aromatic N) is 3. The number of hydrogen-bond acceptors (Lipinski definition) is 5. The van der Waals surface area contributed by atoms with Crippen molar-refractivity contribution in [2.45, 2.75) is 13.0 Å². The van der Waals surface area contributed by atoms with Crippen molar-refractivity contribution in [1.82, 2.24) is 15.1 Å². The van der Waals surface area contributed by atoms with Gasteiger partial charge in [-0.05, 0) is 37.3 Å². The number of para-hydroxylation sites is 1. The molecule has 2 heterocycles. The summed E-state index contributed by atoms with van der Waals surface area (Å²) in [7, 11) is 1.54. The molecule has 2 aromatic carbocycles. The van der Waals surface area contributed by atoms with Crippen LogP contribution in [0.2, 0.25) is 5.02 Å². The van der Waals surface area contributed by atoms with Crippen LogP contribution in [0.1, 0.15) is 18.5 Å². The maximum absolute atomic E-state index is 13.0. The number of nitrogens with one attached hydrogen (secondary N) is 1. The number of ether oxygens (including phenoxy) is 2. The number of aliphatic imine (C=N–C) groups is 1. The van der Waals surface area contributed by atoms with Gasteiger partial charge in [-0.3, -0.25) is 4.79 Å². The molecule has 1 N–H and O–H groups in total. The molecule has 0 fully saturated rings. The van der Waals surface area contributed by atoms with E-state index in [0.717, 1.165) is 5.69 Å². The molecular formula is C25H23ClN4O4. The molecule has 0 radical (unpaired) electrons. The van der Waals surface area contributed by atoms with Gasteiger partial charge in [0.15, 0.2) is 0 Å². The second-order valence-corrected chi connectivity index (χ2v) is 8.05. The summed E-state index contributed by atoms with van der Waals surface area (Å²) in [5.74, 6) is -0.829. The molecule has 0 saturated heterocycles. The Morgan fingerprint density at radius 2 is 2.03 bits per heavy atom. The number of hydrogen-bond donors (Lipinski definition) is 1. The zero-order chi connectivity index (χ0) is 24.2. The number of methoxy groups -OCH3 is 1. The van der Waals surface area contributed by atoms with Gasteiger partial charge < -0.3 is 14.8 Å². The van der Waals surface area contributed by atoms with E-state index in [9.17, 15) is 9.59 Å². The predicted octanol–water partition coefficient (Wildman–Crippen LogP) is 4.77. The highest BCUT2D eigenvalue weighted by Crippen LogP contribution is 2.37. The van der Waals surface area contributed by atoms with E-state index in [0.29, 0.717) is 33.3 Å². The quantitative estimate of drug-likeness (QED) is 0.390. The first-order valence-corrected chi connectivity index (χ1v) is 10.9. The monoisotopic (exact) mass is 478 g/mol. The number of urea groups is 1. The molecule has 1 aliphatic rings. The molecule has 3 aromatic rings. The van der Waals surface area contributed by atoms with Crippen molar-refractivity contribution in [2.75, 3.05) is 13.7 Å². The van der Waals surface area contributed by atoms with Crippen LogP contribution in [0.5, 0.6) is 5.75 Å². The van der Waals surface area contributed by atoms with Crippen LogP contribution in [-0.4, -0.2) is 41.2 Å². The topological polar surface area (TPSA) is 94.8 Å². The number of carbonyl (C=O) groups is 2. The third-order valence-corrected chi connectivity index (χ3v) is 5.76. The number of rotatable bonds is 7. The Morgan fingerprint density at radius 3 is 2.71 bits per heavy atom. The molecule has 174 valence electrons. The average Bonchev–Trinajstić information content (AvgIpc) is 3.28. The van der Waals surface area contributed by atoms with Gasteiger partial charge >= 0.3 is 12.0 Å². The maximum Gasteiger partial charge on any atom is 0.341 e. The van der Waals surface area contributed by atoms with Crippen LogP contribution in [0, 0.1) is 5.92 Å². The molecule has 9 heteroatoms. The summed E-state index contributed by atoms with van der Waals surface area (Å²) in [4.78, 5) is 29.3. The van der Waals surface area contributed by atoms with Crippen LogP contribution in [-0.2, 0) is 9.53 Å². The summed E-state index contributed by atoms with van der Waals surface area (Å²) < 4.78 is 12.3. The van der Waals surface area contributed by atoms with Gasteiger partial charge in [-0.2, -0.15) is 5.10 Å². The molecule has 0 spiro atoms. The van der Waals surface area contributed by atoms with Gasteiger partial charge in [0.25, 0.3) is 0 Å². The lowest BCUT2D eigenvalue weighted by molar-refractivity contribution is -0.145. The summed E-state index contributed by atoms with van der Waals surface area (Å²) in [5.41, 5.74) is 3.04. The molecule has 4 rings (SSSR count). The molecule has 8 nitrogen and oxygen atoms in total. The fourth-order valence-electron chi connectivity index (χ4n) is 3.88. The summed E-state index contributed by atoms with van der Waals surface area (Å²) in [5, 5.41) is 8.01. The Bertz CT molecular complexity index is 1270. The second-order valence-electron chi connectivity index (χ2n) is 7.64. The zero-order valence-corrected chi connectivity index (χ0v) is 19.5. The maximum atomic E-state index is 13.0. The van der Waals surface area contributed by atoms with E-state index >= 15 is 0 Å². The highest BCUT2D eigenvalue weighted by molar-refractivity contribution is 6.32. The first-order chi connectivity index (χ1) is 16.4. The summed E-state index contributed by atoms with van der Waals surface area (Å²) in [6.07, 6.45) is 3.28. The summed E-state index contributed by atoms with van der Waals surface area (Å²) >= 11 is 6.39. The minimum atomic E-state index is -0.835. The third kappa shape index (κ3) is 4.58. The Labute approximate surface area is 201 Å². The molecule has 0 bridgehead atoms. The molecule has 2 amide bonds. The van der Waals surface area contributed by atoms with E-state index in [1.807, 2.05) is 36.4 Å². The first-order valence-electron chi connectivity index (χ1n) is 10.5. The number of esters is 1. The Morgan fingerprint density at radius 1 is 1.26 bits per heavy atom. The van der Waals surface area contributed by atoms with Crippen LogP contribution in [0.4, 0.5) is 4.79 Å². The minimum absolute atomic E-state index is 0.0491. The highest BCUT2D eigenvalue weighted by atomic mass is 35.5. The Hall–Kier alpha value is -3.91. The van der Waals surface area contributed by atoms with E-state index in [1.165, 1.54) is 13.2 Å². The van der Waals surface area contributed by atoms with Gasteiger partial charge in [-0.1, -0.05) is 42.5 Å². The highest BCUT2D eigenvalue weighted by Gasteiger charge is 2.40. The number of aromatic nitrogens is 2. The lowest BCUT2D eigenvalue weighted by Gasteiger charge is -2.29. The van der Waals surface area contributed by atoms with Crippen molar-refractivity contribution >= 4 is 29.3 Å². The van der Waals surface area contributed by atoms with Gasteiger partial charge in [0, 0.05) is 23.0 Å². The molecule has 0 saturated carbocycles. The molecule has 34 heavy (non-hydrogen) atoms. The normalized spacial score (nSPS) is 17.5. The lowest BCUT2D eigenvalue weighted by atomic mass is 9.87. The van der Waals surface area contributed by atoms with Gasteiger partial charge in [-0.15, -0.1) is 0 Å². The molecule has 2 unspecified atom stereocenters. The van der Waals surface area contributed by atoms with E-state index in [2.05, 4.69) is 16.9 Å². The molecule has 1 aromatic heterocycles. The summed E-state index contributed by atoms with van der Waals surface area (Å²) in [6.45, 7) is 5.27. The van der Waals surface area contributed by atoms with Crippen LogP contribution in [0.25, 0.3) is 16.9 Å². The first kappa shape index (κ1) is 23.3. The van der Waals surface area contributed by atoms with Crippen LogP contribution >= 0.6 is 11.6 Å². The van der Waals surface area contributed by atoms with E-state index in [1.54, 1.807) is 29.9 Å². The molecule has 0 aliphatic carbocycles. The fraction of sp³-hybridized carbons (Fsp3) is 0.200. The molecule has 1 aliphatic heterocycles. The number of halogens is 1. The van der Waals surface area contributed by atoms with E-state index in [-0.39, 0.29) is 6.61 Å². The number of amides is 2. The lowest BCUT2D eigenvalue weighted by Crippen LogP contribution is -2.44. The van der Waals surface area contributed by atoms with Crippen molar-refractivity contribution in [1.29, 1.82) is 0 Å². The van der Waals surface area contributed by atoms with E-state index < -0.39 is 24.0 Å². The van der Waals surface area contributed by atoms with Crippen molar-refractivity contribution in [2.24, 2.45) is 10.9 Å². The fourth-order valence-corrected chi connectivity index (χ4v) is 4.14. The molecule has 2 atom stereocenters. The third-order valence-electron chi connectivity index (χ3n) is 5.46. The van der Waals surface area contributed by atoms with Gasteiger partial charge in [0.05, 0.1) is 29.6 Å². The van der Waals surface area contributed by atoms with Crippen molar-refractivity contribution in [3.63, 3.8) is 0 Å². The van der Waals surface area contributed by atoms with Gasteiger partial charge in [0.2, 0.25) is 0 Å². The van der Waals surface area contributed by atoms with Crippen molar-refractivity contribution in [3.05, 3.63) is 78.0 Å². The van der Waals surface area contributed by atoms with Crippen LogP contribution < -0.4 is 10.1 Å². The van der Waals surface area contributed by atoms with E-state index in [4.69, 9.17) is 26.2 Å². The zero-order valence-electron chi connectivity index (χ0n) is 18.7. The van der Waals surface area contributed by atoms with Crippen molar-refractivity contribution in [3.8, 4) is 22.7 Å². The standard InChI is InChI=1S/C25H23ClN4O4/c1-4-12-34-24(31)21-15(2)27-25(32)28-23(21)18-14-30(17-8-6-5-7-9-17)29-22(18)16-10-11-20(33-3)19(26)13-16/h4-11,13-14,21,23H,1,12H2,2-3H3,(H,28,32). The Kier molecular flexibility index (Phi) is 6.79. The summed E-state index contributed by atoms with van der Waals surface area (Å²) in [6, 6.07) is 13.5. The Balaban J connectivity index is 1.87. The number of carbonyl (C=O) groups excluding carboxylic acids is 2. The second kappa shape index (κ2) is 9.93. The van der Waals surface area contributed by atoms with Crippen LogP contribution in [0.15, 0.2) is 72.4 Å². The minimum Gasteiger partial charge on any atom is -0.495 e. The van der Waals surface area contributed by atoms with Crippen molar-refractivity contribution < 1.29 is 19.1 Å². The number of benzene rings is 2. The van der Waals surface area contributed by atoms with Gasteiger partial charge in [0.1, 0.15) is 18.3 Å². The predicted molar refractivity (Wildman–Crippen MR) is 130 cm³/mol. The smallest absolute Gasteiger partial charge is 0.341 e. The average molecular weight is 479 g/mol. The molecular weight excluding hydrogens is 456 g/mol. The van der Waals surface area contributed by atoms with Crippen LogP contribution in [0.3, 0.4) is 0 Å². The SMILES string of the molecule is C=CCOC(=O)C1C(C)=NC(=O)NC1c1cn(-c2ccccc2)nc1-c1ccc(OC)c(Cl)c1.